The van der Waals surface area contributed by atoms with Crippen LogP contribution >= 0.6 is 0 Å². The normalized spacial score (nSPS) is 14.5. The van der Waals surface area contributed by atoms with Crippen LogP contribution in [0.3, 0.4) is 0 Å². The number of fused-ring (bicyclic) bond motifs is 2. The van der Waals surface area contributed by atoms with Gasteiger partial charge < -0.3 is 9.72 Å². The molecular formula is C37H36N4O. The molecule has 5 nitrogen and oxygen atoms in total. The van der Waals surface area contributed by atoms with Crippen LogP contribution in [0.1, 0.15) is 30.9 Å². The Labute approximate surface area is 247 Å². The number of aromatic nitrogens is 3. The standard InChI is InChI=1S/C37H36N4O/c1-26-13-18-41(19-14-26)25-28-7-10-32(34-24-40-36-12-17-39-23-35(34)36)37(21-28)42-20-15-27-5-8-30(9-6-27)31-4-2-3-29-11-16-38-22-33(29)31/h2-12,16-17,21-24,26,40H,13-15,18-20,25H2,1H3. The lowest BCUT2D eigenvalue weighted by molar-refractivity contribution is 0.185. The number of nitrogens with one attached hydrogen (secondary N) is 1. The zero-order valence-corrected chi connectivity index (χ0v) is 24.1. The van der Waals surface area contributed by atoms with Crippen molar-refractivity contribution in [2.75, 3.05) is 19.7 Å². The summed E-state index contributed by atoms with van der Waals surface area (Å²) in [4.78, 5) is 14.7. The number of ether oxygens (including phenoxy) is 1. The fraction of sp³-hybridized carbons (Fsp3) is 0.243. The van der Waals surface area contributed by atoms with E-state index in [2.05, 4.69) is 99.7 Å². The van der Waals surface area contributed by atoms with Crippen molar-refractivity contribution in [2.24, 2.45) is 5.92 Å². The van der Waals surface area contributed by atoms with E-state index in [1.54, 1.807) is 0 Å². The summed E-state index contributed by atoms with van der Waals surface area (Å²) in [5.41, 5.74) is 8.28. The molecule has 7 rings (SSSR count). The van der Waals surface area contributed by atoms with Crippen molar-refractivity contribution in [1.82, 2.24) is 19.9 Å². The molecule has 0 spiro atoms. The van der Waals surface area contributed by atoms with Gasteiger partial charge in [-0.05, 0) is 77.7 Å². The van der Waals surface area contributed by atoms with Gasteiger partial charge in [-0.1, -0.05) is 61.5 Å². The van der Waals surface area contributed by atoms with E-state index in [1.807, 2.05) is 30.9 Å². The van der Waals surface area contributed by atoms with Gasteiger partial charge in [-0.2, -0.15) is 0 Å². The van der Waals surface area contributed by atoms with E-state index in [1.165, 1.54) is 59.0 Å². The third-order valence-corrected chi connectivity index (χ3v) is 8.70. The Bertz CT molecular complexity index is 1810. The van der Waals surface area contributed by atoms with Crippen LogP contribution in [0.25, 0.3) is 43.9 Å². The van der Waals surface area contributed by atoms with Gasteiger partial charge in [0.25, 0.3) is 0 Å². The van der Waals surface area contributed by atoms with Crippen molar-refractivity contribution in [3.05, 3.63) is 115 Å². The van der Waals surface area contributed by atoms with E-state index in [0.29, 0.717) is 6.61 Å². The van der Waals surface area contributed by atoms with E-state index in [-0.39, 0.29) is 0 Å². The summed E-state index contributed by atoms with van der Waals surface area (Å²) in [6, 6.07) is 26.1. The molecule has 0 radical (unpaired) electrons. The third-order valence-electron chi connectivity index (χ3n) is 8.70. The molecular weight excluding hydrogens is 516 g/mol. The van der Waals surface area contributed by atoms with Crippen LogP contribution in [-0.4, -0.2) is 39.5 Å². The molecule has 6 aromatic rings. The summed E-state index contributed by atoms with van der Waals surface area (Å²) in [6.45, 7) is 6.26. The highest BCUT2D eigenvalue weighted by Crippen LogP contribution is 2.36. The Balaban J connectivity index is 1.10. The van der Waals surface area contributed by atoms with Gasteiger partial charge in [0.2, 0.25) is 0 Å². The summed E-state index contributed by atoms with van der Waals surface area (Å²) < 4.78 is 6.57. The maximum absolute atomic E-state index is 6.57. The topological polar surface area (TPSA) is 54.0 Å². The molecule has 0 unspecified atom stereocenters. The van der Waals surface area contributed by atoms with E-state index >= 15 is 0 Å². The summed E-state index contributed by atoms with van der Waals surface area (Å²) in [7, 11) is 0. The SMILES string of the molecule is CC1CCN(Cc2ccc(-c3c[nH]c4ccncc34)c(OCCc3ccc(-c4cccc5ccncc45)cc3)c2)CC1. The first-order valence-corrected chi connectivity index (χ1v) is 15.0. The minimum absolute atomic E-state index is 0.607. The number of hydrogen-bond acceptors (Lipinski definition) is 4. The Hall–Kier alpha value is -4.48. The van der Waals surface area contributed by atoms with E-state index in [0.717, 1.165) is 46.7 Å². The first-order valence-electron chi connectivity index (χ1n) is 15.0. The molecule has 1 aliphatic rings. The van der Waals surface area contributed by atoms with Crippen LogP contribution in [0.2, 0.25) is 0 Å². The van der Waals surface area contributed by atoms with Gasteiger partial charge in [0.05, 0.1) is 6.61 Å². The summed E-state index contributed by atoms with van der Waals surface area (Å²) >= 11 is 0. The molecule has 1 aliphatic heterocycles. The largest absolute Gasteiger partial charge is 0.493 e. The van der Waals surface area contributed by atoms with Gasteiger partial charge in [-0.3, -0.25) is 14.9 Å². The van der Waals surface area contributed by atoms with Gasteiger partial charge in [0.15, 0.2) is 0 Å². The number of H-pyrrole nitrogens is 1. The Morgan fingerprint density at radius 1 is 0.810 bits per heavy atom. The molecule has 0 aliphatic carbocycles. The van der Waals surface area contributed by atoms with Crippen LogP contribution in [0.5, 0.6) is 5.75 Å². The van der Waals surface area contributed by atoms with Crippen LogP contribution in [0.15, 0.2) is 104 Å². The molecule has 1 N–H and O–H groups in total. The molecule has 42 heavy (non-hydrogen) atoms. The van der Waals surface area contributed by atoms with E-state index in [9.17, 15) is 0 Å². The first kappa shape index (κ1) is 26.4. The second kappa shape index (κ2) is 11.8. The van der Waals surface area contributed by atoms with Crippen LogP contribution in [0.4, 0.5) is 0 Å². The number of rotatable bonds is 8. The number of benzene rings is 3. The van der Waals surface area contributed by atoms with Crippen molar-refractivity contribution >= 4 is 21.7 Å². The van der Waals surface area contributed by atoms with Crippen LogP contribution in [-0.2, 0) is 13.0 Å². The lowest BCUT2D eigenvalue weighted by Crippen LogP contribution is -2.32. The number of piperidine rings is 1. The molecule has 0 atom stereocenters. The minimum Gasteiger partial charge on any atom is -0.493 e. The van der Waals surface area contributed by atoms with Crippen molar-refractivity contribution < 1.29 is 4.74 Å². The van der Waals surface area contributed by atoms with Gasteiger partial charge in [-0.25, -0.2) is 0 Å². The third kappa shape index (κ3) is 5.53. The summed E-state index contributed by atoms with van der Waals surface area (Å²) in [5.74, 6) is 1.76. The van der Waals surface area contributed by atoms with Crippen molar-refractivity contribution in [1.29, 1.82) is 0 Å². The zero-order chi connectivity index (χ0) is 28.3. The summed E-state index contributed by atoms with van der Waals surface area (Å²) in [6.07, 6.45) is 13.0. The highest BCUT2D eigenvalue weighted by atomic mass is 16.5. The van der Waals surface area contributed by atoms with Gasteiger partial charge >= 0.3 is 0 Å². The van der Waals surface area contributed by atoms with E-state index in [4.69, 9.17) is 4.74 Å². The molecule has 0 bridgehead atoms. The molecule has 1 fully saturated rings. The molecule has 5 heteroatoms. The van der Waals surface area contributed by atoms with Gasteiger partial charge in [0.1, 0.15) is 5.75 Å². The Morgan fingerprint density at radius 3 is 2.45 bits per heavy atom. The predicted octanol–water partition coefficient (Wildman–Crippen LogP) is 8.30. The fourth-order valence-corrected chi connectivity index (χ4v) is 6.17. The molecule has 1 saturated heterocycles. The maximum atomic E-state index is 6.57. The number of hydrogen-bond donors (Lipinski definition) is 1. The fourth-order valence-electron chi connectivity index (χ4n) is 6.17. The lowest BCUT2D eigenvalue weighted by atomic mass is 9.98. The van der Waals surface area contributed by atoms with Gasteiger partial charge in [0, 0.05) is 71.4 Å². The van der Waals surface area contributed by atoms with Gasteiger partial charge in [-0.15, -0.1) is 0 Å². The molecule has 0 saturated carbocycles. The molecule has 4 heterocycles. The molecule has 210 valence electrons. The van der Waals surface area contributed by atoms with Crippen molar-refractivity contribution in [2.45, 2.75) is 32.7 Å². The van der Waals surface area contributed by atoms with Crippen molar-refractivity contribution in [3.8, 4) is 28.0 Å². The second-order valence-electron chi connectivity index (χ2n) is 11.6. The zero-order valence-electron chi connectivity index (χ0n) is 24.1. The first-order chi connectivity index (χ1) is 20.7. The summed E-state index contributed by atoms with van der Waals surface area (Å²) in [5, 5.41) is 3.49. The second-order valence-corrected chi connectivity index (χ2v) is 11.6. The quantitative estimate of drug-likeness (QED) is 0.206. The molecule has 3 aromatic carbocycles. The average Bonchev–Trinajstić information content (AvgIpc) is 3.46. The molecule has 0 amide bonds. The van der Waals surface area contributed by atoms with E-state index < -0.39 is 0 Å². The molecule has 3 aromatic heterocycles. The number of likely N-dealkylation sites (tertiary alicyclic amines) is 1. The average molecular weight is 553 g/mol. The number of aromatic amines is 1. The maximum Gasteiger partial charge on any atom is 0.127 e. The number of pyridine rings is 2. The van der Waals surface area contributed by atoms with Crippen LogP contribution in [0, 0.1) is 5.92 Å². The minimum atomic E-state index is 0.607. The monoisotopic (exact) mass is 552 g/mol. The number of nitrogens with zero attached hydrogens (tertiary/aromatic N) is 3. The smallest absolute Gasteiger partial charge is 0.127 e. The lowest BCUT2D eigenvalue weighted by Gasteiger charge is -2.30. The van der Waals surface area contributed by atoms with Crippen molar-refractivity contribution in [3.63, 3.8) is 0 Å². The Kier molecular flexibility index (Phi) is 7.42. The van der Waals surface area contributed by atoms with Crippen LogP contribution < -0.4 is 4.74 Å². The highest BCUT2D eigenvalue weighted by molar-refractivity contribution is 5.97. The predicted molar refractivity (Wildman–Crippen MR) is 172 cm³/mol. The highest BCUT2D eigenvalue weighted by Gasteiger charge is 2.18. The Morgan fingerprint density at radius 2 is 1.60 bits per heavy atom.